The number of hydrogen-bond donors (Lipinski definition) is 3. The number of likely N-dealkylation sites (tertiary alicyclic amines) is 1. The van der Waals surface area contributed by atoms with Gasteiger partial charge in [0.2, 0.25) is 5.91 Å². The van der Waals surface area contributed by atoms with Crippen molar-refractivity contribution < 1.29 is 23.8 Å². The van der Waals surface area contributed by atoms with Crippen LogP contribution in [0.5, 0.6) is 5.75 Å². The quantitative estimate of drug-likeness (QED) is 0.221. The first kappa shape index (κ1) is 29.9. The van der Waals surface area contributed by atoms with Gasteiger partial charge < -0.3 is 25.4 Å². The molecule has 4 heterocycles. The summed E-state index contributed by atoms with van der Waals surface area (Å²) >= 11 is 1.55. The van der Waals surface area contributed by atoms with Gasteiger partial charge in [0.15, 0.2) is 11.6 Å². The van der Waals surface area contributed by atoms with Crippen LogP contribution in [-0.4, -0.2) is 75.6 Å². The highest BCUT2D eigenvalue weighted by Crippen LogP contribution is 2.34. The number of aromatic nitrogens is 2. The number of nitrogens with zero attached hydrogens (tertiary/aromatic N) is 4. The predicted octanol–water partition coefficient (Wildman–Crippen LogP) is 4.78. The van der Waals surface area contributed by atoms with E-state index in [0.717, 1.165) is 64.1 Å². The van der Waals surface area contributed by atoms with Gasteiger partial charge in [0.1, 0.15) is 6.61 Å². The lowest BCUT2D eigenvalue weighted by Gasteiger charge is -2.27. The van der Waals surface area contributed by atoms with Crippen LogP contribution in [0.2, 0.25) is 0 Å². The van der Waals surface area contributed by atoms with Crippen LogP contribution >= 0.6 is 11.3 Å². The number of ether oxygens (including phenoxy) is 1. The number of hydrogen-bond acceptors (Lipinski definition) is 8. The van der Waals surface area contributed by atoms with E-state index in [0.29, 0.717) is 18.8 Å². The highest BCUT2D eigenvalue weighted by atomic mass is 32.1. The van der Waals surface area contributed by atoms with Crippen LogP contribution in [0.3, 0.4) is 0 Å². The maximum absolute atomic E-state index is 14.8. The Morgan fingerprint density at radius 2 is 2.02 bits per heavy atom. The molecule has 1 saturated heterocycles. The van der Waals surface area contributed by atoms with Crippen LogP contribution in [0.4, 0.5) is 14.9 Å². The van der Waals surface area contributed by atoms with Crippen molar-refractivity contribution in [2.45, 2.75) is 50.9 Å². The maximum Gasteiger partial charge on any atom is 0.319 e. The number of carbonyl (C=O) groups excluding carboxylic acids is 2. The van der Waals surface area contributed by atoms with Gasteiger partial charge in [0.05, 0.1) is 33.4 Å². The number of likely N-dealkylation sites (N-methyl/N-ethyl adjacent to an activating group) is 1. The molecule has 6 rings (SSSR count). The van der Waals surface area contributed by atoms with E-state index in [4.69, 9.17) is 9.72 Å². The summed E-state index contributed by atoms with van der Waals surface area (Å²) < 4.78 is 21.5. The number of amides is 3. The summed E-state index contributed by atoms with van der Waals surface area (Å²) in [5, 5.41) is 14.7. The van der Waals surface area contributed by atoms with E-state index >= 15 is 0 Å². The normalized spacial score (nSPS) is 16.7. The molecule has 0 radical (unpaired) electrons. The van der Waals surface area contributed by atoms with Gasteiger partial charge in [-0.3, -0.25) is 19.7 Å². The summed E-state index contributed by atoms with van der Waals surface area (Å²) in [6.07, 6.45) is 7.29. The minimum atomic E-state index is -0.558. The molecular weight excluding hydrogens is 583 g/mol. The Morgan fingerprint density at radius 1 is 1.16 bits per heavy atom. The number of urea groups is 1. The monoisotopic (exact) mass is 618 g/mol. The molecule has 1 aliphatic carbocycles. The van der Waals surface area contributed by atoms with E-state index in [1.807, 2.05) is 30.5 Å². The zero-order valence-electron chi connectivity index (χ0n) is 24.5. The molecule has 230 valence electrons. The number of nitrogens with one attached hydrogen (secondary N) is 2. The fourth-order valence-electron chi connectivity index (χ4n) is 5.37. The smallest absolute Gasteiger partial charge is 0.319 e. The van der Waals surface area contributed by atoms with Gasteiger partial charge in [-0.05, 0) is 68.1 Å². The number of benzene rings is 1. The Hall–Kier alpha value is -4.13. The summed E-state index contributed by atoms with van der Waals surface area (Å²) in [6, 6.07) is 11.9. The zero-order valence-corrected chi connectivity index (χ0v) is 25.3. The molecule has 1 aliphatic heterocycles. The van der Waals surface area contributed by atoms with Crippen LogP contribution in [0.15, 0.2) is 54.9 Å². The number of carbonyl (C=O) groups is 2. The number of aliphatic hydroxyl groups is 1. The molecule has 12 heteroatoms. The second-order valence-electron chi connectivity index (χ2n) is 11.3. The fourth-order valence-corrected chi connectivity index (χ4v) is 6.46. The Kier molecular flexibility index (Phi) is 9.01. The van der Waals surface area contributed by atoms with Crippen LogP contribution < -0.4 is 15.4 Å². The van der Waals surface area contributed by atoms with Gasteiger partial charge in [0.25, 0.3) is 0 Å². The number of halogens is 1. The number of fused-ring (bicyclic) bond motifs is 1. The van der Waals surface area contributed by atoms with Crippen LogP contribution in [0.1, 0.15) is 36.8 Å². The van der Waals surface area contributed by atoms with E-state index < -0.39 is 5.82 Å². The molecule has 44 heavy (non-hydrogen) atoms. The van der Waals surface area contributed by atoms with Crippen molar-refractivity contribution in [1.29, 1.82) is 0 Å². The molecule has 10 nitrogen and oxygen atoms in total. The van der Waals surface area contributed by atoms with Gasteiger partial charge in [-0.25, -0.2) is 9.18 Å². The van der Waals surface area contributed by atoms with E-state index in [9.17, 15) is 19.1 Å². The third-order valence-corrected chi connectivity index (χ3v) is 9.12. The standard InChI is InChI=1S/C32H35FN6O4S/c1-38(13-14-40)31(41)27-3-2-12-39(27)18-20-4-8-25(35-17-20)29-16-26-30(44-29)21(10-11-34-26)19-43-28-9-7-23(15-24(28)33)37-32(42)36-22-5-6-22/h4,7-11,15-17,22,27,40H,2-3,5-6,12-14,18-19H2,1H3,(H2,36,37,42)/t27-/m0/s1. The number of pyridine rings is 2. The summed E-state index contributed by atoms with van der Waals surface area (Å²) in [5.74, 6) is -0.416. The Bertz CT molecular complexity index is 1640. The molecule has 0 bridgehead atoms. The van der Waals surface area contributed by atoms with E-state index in [1.54, 1.807) is 35.5 Å². The third kappa shape index (κ3) is 6.98. The largest absolute Gasteiger partial charge is 0.486 e. The van der Waals surface area contributed by atoms with E-state index in [-0.39, 0.29) is 43.0 Å². The summed E-state index contributed by atoms with van der Waals surface area (Å²) in [6.45, 7) is 1.92. The first-order valence-corrected chi connectivity index (χ1v) is 15.6. The Balaban J connectivity index is 1.10. The maximum atomic E-state index is 14.8. The number of rotatable bonds is 11. The Labute approximate surface area is 258 Å². The highest BCUT2D eigenvalue weighted by Gasteiger charge is 2.32. The molecule has 1 aromatic carbocycles. The van der Waals surface area contributed by atoms with E-state index in [2.05, 4.69) is 20.5 Å². The molecule has 2 fully saturated rings. The molecule has 1 atom stereocenters. The van der Waals surface area contributed by atoms with Gasteiger partial charge in [-0.15, -0.1) is 11.3 Å². The van der Waals surface area contributed by atoms with E-state index in [1.165, 1.54) is 12.1 Å². The average Bonchev–Trinajstić information content (AvgIpc) is 3.52. The zero-order chi connectivity index (χ0) is 30.6. The van der Waals surface area contributed by atoms with Crippen molar-refractivity contribution in [3.05, 3.63) is 71.8 Å². The minimum absolute atomic E-state index is 0.0450. The Morgan fingerprint density at radius 3 is 2.77 bits per heavy atom. The van der Waals surface area contributed by atoms with Crippen molar-refractivity contribution in [2.75, 3.05) is 32.1 Å². The van der Waals surface area contributed by atoms with Crippen molar-refractivity contribution in [1.82, 2.24) is 25.1 Å². The third-order valence-electron chi connectivity index (χ3n) is 7.90. The van der Waals surface area contributed by atoms with Gasteiger partial charge in [-0.1, -0.05) is 6.07 Å². The van der Waals surface area contributed by atoms with Crippen LogP contribution in [-0.2, 0) is 17.9 Å². The minimum Gasteiger partial charge on any atom is -0.486 e. The van der Waals surface area contributed by atoms with Crippen LogP contribution in [0.25, 0.3) is 20.8 Å². The molecule has 3 aromatic heterocycles. The first-order chi connectivity index (χ1) is 21.4. The molecule has 4 aromatic rings. The second kappa shape index (κ2) is 13.2. The molecule has 1 saturated carbocycles. The molecule has 3 N–H and O–H groups in total. The second-order valence-corrected chi connectivity index (χ2v) is 12.3. The van der Waals surface area contributed by atoms with Crippen molar-refractivity contribution in [3.8, 4) is 16.3 Å². The number of aliphatic hydroxyl groups excluding tert-OH is 1. The topological polar surface area (TPSA) is 120 Å². The summed E-state index contributed by atoms with van der Waals surface area (Å²) in [4.78, 5) is 38.7. The van der Waals surface area contributed by atoms with Crippen molar-refractivity contribution >= 4 is 39.2 Å². The SMILES string of the molecule is CN(CCO)C(=O)[C@@H]1CCCN1Cc1ccc(-c2cc3nccc(COc4ccc(NC(=O)NC5CC5)cc4F)c3s2)nc1. The van der Waals surface area contributed by atoms with Gasteiger partial charge in [0, 0.05) is 55.9 Å². The lowest BCUT2D eigenvalue weighted by Crippen LogP contribution is -2.44. The average molecular weight is 619 g/mol. The predicted molar refractivity (Wildman–Crippen MR) is 167 cm³/mol. The molecular formula is C32H35FN6O4S. The van der Waals surface area contributed by atoms with Crippen LogP contribution in [0, 0.1) is 5.82 Å². The van der Waals surface area contributed by atoms with Crippen molar-refractivity contribution in [3.63, 3.8) is 0 Å². The first-order valence-electron chi connectivity index (χ1n) is 14.8. The number of anilines is 1. The van der Waals surface area contributed by atoms with Crippen molar-refractivity contribution in [2.24, 2.45) is 0 Å². The lowest BCUT2D eigenvalue weighted by atomic mass is 10.1. The molecule has 2 aliphatic rings. The molecule has 3 amide bonds. The van der Waals surface area contributed by atoms with Gasteiger partial charge >= 0.3 is 6.03 Å². The fraction of sp³-hybridized carbons (Fsp3) is 0.375. The summed E-state index contributed by atoms with van der Waals surface area (Å²) in [5.41, 5.74) is 3.90. The lowest BCUT2D eigenvalue weighted by molar-refractivity contribution is -0.135. The molecule has 0 spiro atoms. The highest BCUT2D eigenvalue weighted by molar-refractivity contribution is 7.22. The number of thiophene rings is 1. The summed E-state index contributed by atoms with van der Waals surface area (Å²) in [7, 11) is 1.73. The molecule has 0 unspecified atom stereocenters. The van der Waals surface area contributed by atoms with Gasteiger partial charge in [-0.2, -0.15) is 0 Å².